The molecule has 0 unspecified atom stereocenters. The van der Waals surface area contributed by atoms with Gasteiger partial charge in [-0.3, -0.25) is 14.9 Å². The molecule has 4 rings (SSSR count). The molecule has 0 aliphatic heterocycles. The standard InChI is InChI=1S/C19H17N5O2/c1-2-10-26-14-8-4-3-7-13(14)18-21-16-15(12-6-5-9-20-11-12)23-24-17(16)19(25)22-18/h3-9,11H,2,10H2,1H3,(H,23,24)(H,21,22,25). The molecular formula is C19H17N5O2. The fourth-order valence-corrected chi connectivity index (χ4v) is 2.74. The van der Waals surface area contributed by atoms with Crippen molar-refractivity contribution in [3.05, 3.63) is 59.1 Å². The second-order valence-electron chi connectivity index (χ2n) is 5.80. The highest BCUT2D eigenvalue weighted by molar-refractivity contribution is 5.89. The van der Waals surface area contributed by atoms with E-state index in [1.807, 2.05) is 43.3 Å². The molecule has 0 aliphatic rings. The molecule has 0 radical (unpaired) electrons. The summed E-state index contributed by atoms with van der Waals surface area (Å²) in [6.45, 7) is 2.64. The number of nitrogens with one attached hydrogen (secondary N) is 2. The average Bonchev–Trinajstić information content (AvgIpc) is 3.12. The first-order valence-electron chi connectivity index (χ1n) is 8.39. The number of pyridine rings is 1. The molecule has 0 saturated carbocycles. The summed E-state index contributed by atoms with van der Waals surface area (Å²) in [4.78, 5) is 24.1. The largest absolute Gasteiger partial charge is 0.493 e. The van der Waals surface area contributed by atoms with E-state index < -0.39 is 0 Å². The third kappa shape index (κ3) is 2.83. The average molecular weight is 347 g/mol. The van der Waals surface area contributed by atoms with Crippen molar-refractivity contribution in [1.29, 1.82) is 0 Å². The summed E-state index contributed by atoms with van der Waals surface area (Å²) in [5.41, 5.74) is 2.67. The zero-order chi connectivity index (χ0) is 17.9. The Hall–Kier alpha value is -3.48. The van der Waals surface area contributed by atoms with E-state index in [4.69, 9.17) is 4.74 Å². The number of ether oxygens (including phenoxy) is 1. The Morgan fingerprint density at radius 2 is 2.04 bits per heavy atom. The van der Waals surface area contributed by atoms with E-state index in [9.17, 15) is 4.79 Å². The Labute approximate surface area is 149 Å². The normalized spacial score (nSPS) is 11.0. The molecular weight excluding hydrogens is 330 g/mol. The summed E-state index contributed by atoms with van der Waals surface area (Å²) in [5, 5.41) is 7.02. The van der Waals surface area contributed by atoms with Gasteiger partial charge in [0.1, 0.15) is 28.3 Å². The highest BCUT2D eigenvalue weighted by atomic mass is 16.5. The Kier molecular flexibility index (Phi) is 4.18. The number of H-pyrrole nitrogens is 2. The van der Waals surface area contributed by atoms with Gasteiger partial charge in [-0.1, -0.05) is 19.1 Å². The predicted molar refractivity (Wildman–Crippen MR) is 99.0 cm³/mol. The van der Waals surface area contributed by atoms with E-state index in [2.05, 4.69) is 25.1 Å². The maximum Gasteiger partial charge on any atom is 0.277 e. The van der Waals surface area contributed by atoms with Crippen molar-refractivity contribution in [3.8, 4) is 28.4 Å². The molecule has 0 fully saturated rings. The maximum absolute atomic E-state index is 12.5. The number of nitrogens with zero attached hydrogens (tertiary/aromatic N) is 3. The van der Waals surface area contributed by atoms with Crippen LogP contribution in [0.15, 0.2) is 53.6 Å². The Morgan fingerprint density at radius 1 is 1.15 bits per heavy atom. The molecule has 3 aromatic heterocycles. The van der Waals surface area contributed by atoms with Crippen molar-refractivity contribution in [2.24, 2.45) is 0 Å². The lowest BCUT2D eigenvalue weighted by Gasteiger charge is -2.10. The molecule has 3 heterocycles. The first kappa shape index (κ1) is 16.0. The summed E-state index contributed by atoms with van der Waals surface area (Å²) in [6, 6.07) is 11.2. The fourth-order valence-electron chi connectivity index (χ4n) is 2.74. The van der Waals surface area contributed by atoms with Gasteiger partial charge in [0.05, 0.1) is 12.2 Å². The monoisotopic (exact) mass is 347 g/mol. The zero-order valence-electron chi connectivity index (χ0n) is 14.2. The minimum Gasteiger partial charge on any atom is -0.493 e. The van der Waals surface area contributed by atoms with Crippen molar-refractivity contribution in [2.45, 2.75) is 13.3 Å². The maximum atomic E-state index is 12.5. The van der Waals surface area contributed by atoms with Gasteiger partial charge in [0.25, 0.3) is 5.56 Å². The summed E-state index contributed by atoms with van der Waals surface area (Å²) in [6.07, 6.45) is 4.27. The van der Waals surface area contributed by atoms with Gasteiger partial charge >= 0.3 is 0 Å². The van der Waals surface area contributed by atoms with E-state index in [0.29, 0.717) is 34.9 Å². The van der Waals surface area contributed by atoms with E-state index in [1.54, 1.807) is 12.4 Å². The fraction of sp³-hybridized carbons (Fsp3) is 0.158. The van der Waals surface area contributed by atoms with Gasteiger partial charge in [0.15, 0.2) is 0 Å². The number of hydrogen-bond acceptors (Lipinski definition) is 5. The first-order valence-corrected chi connectivity index (χ1v) is 8.39. The molecule has 0 saturated heterocycles. The van der Waals surface area contributed by atoms with E-state index in [-0.39, 0.29) is 5.56 Å². The smallest absolute Gasteiger partial charge is 0.277 e. The number of aromatic amines is 2. The van der Waals surface area contributed by atoms with Gasteiger partial charge in [-0.25, -0.2) is 4.98 Å². The zero-order valence-corrected chi connectivity index (χ0v) is 14.2. The van der Waals surface area contributed by atoms with Gasteiger partial charge in [-0.15, -0.1) is 0 Å². The first-order chi connectivity index (χ1) is 12.8. The van der Waals surface area contributed by atoms with Crippen LogP contribution in [0.5, 0.6) is 5.75 Å². The number of benzene rings is 1. The van der Waals surface area contributed by atoms with E-state index in [0.717, 1.165) is 17.5 Å². The number of fused-ring (bicyclic) bond motifs is 1. The van der Waals surface area contributed by atoms with Crippen molar-refractivity contribution >= 4 is 11.0 Å². The molecule has 130 valence electrons. The molecule has 4 aromatic rings. The van der Waals surface area contributed by atoms with Crippen molar-refractivity contribution in [2.75, 3.05) is 6.61 Å². The van der Waals surface area contributed by atoms with Crippen molar-refractivity contribution in [1.82, 2.24) is 25.1 Å². The quantitative estimate of drug-likeness (QED) is 0.578. The van der Waals surface area contributed by atoms with Crippen LogP contribution in [0.25, 0.3) is 33.7 Å². The van der Waals surface area contributed by atoms with Gasteiger partial charge in [0, 0.05) is 18.0 Å². The molecule has 7 heteroatoms. The minimum atomic E-state index is -0.280. The van der Waals surface area contributed by atoms with E-state index in [1.165, 1.54) is 0 Å². The van der Waals surface area contributed by atoms with Crippen LogP contribution in [0.3, 0.4) is 0 Å². The summed E-state index contributed by atoms with van der Waals surface area (Å²) < 4.78 is 5.79. The molecule has 7 nitrogen and oxygen atoms in total. The number of aromatic nitrogens is 5. The van der Waals surface area contributed by atoms with Crippen molar-refractivity contribution in [3.63, 3.8) is 0 Å². The van der Waals surface area contributed by atoms with Gasteiger partial charge in [0.2, 0.25) is 0 Å². The molecule has 0 bridgehead atoms. The number of para-hydroxylation sites is 1. The molecule has 26 heavy (non-hydrogen) atoms. The molecule has 0 aliphatic carbocycles. The molecule has 0 atom stereocenters. The van der Waals surface area contributed by atoms with Crippen LogP contribution in [0.1, 0.15) is 13.3 Å². The molecule has 2 N–H and O–H groups in total. The summed E-state index contributed by atoms with van der Waals surface area (Å²) in [7, 11) is 0. The second kappa shape index (κ2) is 6.79. The van der Waals surface area contributed by atoms with Crippen LogP contribution in [-0.2, 0) is 0 Å². The van der Waals surface area contributed by atoms with Crippen LogP contribution in [-0.4, -0.2) is 31.8 Å². The topological polar surface area (TPSA) is 96.6 Å². The second-order valence-corrected chi connectivity index (χ2v) is 5.80. The summed E-state index contributed by atoms with van der Waals surface area (Å²) >= 11 is 0. The molecule has 0 amide bonds. The highest BCUT2D eigenvalue weighted by Gasteiger charge is 2.16. The van der Waals surface area contributed by atoms with Crippen LogP contribution in [0, 0.1) is 0 Å². The predicted octanol–water partition coefficient (Wildman–Crippen LogP) is 3.16. The molecule has 0 spiro atoms. The third-order valence-electron chi connectivity index (χ3n) is 3.96. The molecule has 1 aromatic carbocycles. The minimum absolute atomic E-state index is 0.280. The van der Waals surface area contributed by atoms with Crippen molar-refractivity contribution < 1.29 is 4.74 Å². The number of rotatable bonds is 5. The van der Waals surface area contributed by atoms with E-state index >= 15 is 0 Å². The van der Waals surface area contributed by atoms with Gasteiger partial charge in [-0.2, -0.15) is 5.10 Å². The lowest BCUT2D eigenvalue weighted by molar-refractivity contribution is 0.318. The van der Waals surface area contributed by atoms with Crippen LogP contribution >= 0.6 is 0 Å². The Bertz CT molecular complexity index is 1100. The third-order valence-corrected chi connectivity index (χ3v) is 3.96. The lowest BCUT2D eigenvalue weighted by atomic mass is 10.1. The van der Waals surface area contributed by atoms with Crippen LogP contribution in [0.4, 0.5) is 0 Å². The number of hydrogen-bond donors (Lipinski definition) is 2. The lowest BCUT2D eigenvalue weighted by Crippen LogP contribution is -2.10. The van der Waals surface area contributed by atoms with Gasteiger partial charge in [-0.05, 0) is 30.7 Å². The Morgan fingerprint density at radius 3 is 2.85 bits per heavy atom. The summed E-state index contributed by atoms with van der Waals surface area (Å²) in [5.74, 6) is 1.13. The van der Waals surface area contributed by atoms with Gasteiger partial charge < -0.3 is 9.72 Å². The van der Waals surface area contributed by atoms with Crippen LogP contribution in [0.2, 0.25) is 0 Å². The Balaban J connectivity index is 1.89. The van der Waals surface area contributed by atoms with Crippen LogP contribution < -0.4 is 10.3 Å². The SMILES string of the molecule is CCCOc1ccccc1-c1nc2c(-c3cccnc3)n[nH]c2c(=O)[nH]1. The highest BCUT2D eigenvalue weighted by Crippen LogP contribution is 2.29.